The third kappa shape index (κ3) is 4.52. The molecule has 0 bridgehead atoms. The third-order valence-electron chi connectivity index (χ3n) is 3.23. The Hall–Kier alpha value is -2.12. The molecule has 1 rings (SSSR count). The fourth-order valence-corrected chi connectivity index (χ4v) is 2.14. The van der Waals surface area contributed by atoms with Gasteiger partial charge in [-0.2, -0.15) is 0 Å². The van der Waals surface area contributed by atoms with Gasteiger partial charge in [-0.25, -0.2) is 4.79 Å². The first-order valence-electron chi connectivity index (χ1n) is 6.31. The van der Waals surface area contributed by atoms with E-state index in [4.69, 9.17) is 10.2 Å². The number of nitrogens with zero attached hydrogens (tertiary/aromatic N) is 1. The minimum absolute atomic E-state index is 0.136. The van der Waals surface area contributed by atoms with Gasteiger partial charge in [0, 0.05) is 20.0 Å². The molecule has 3 N–H and O–H groups in total. The molecule has 1 aliphatic rings. The van der Waals surface area contributed by atoms with Crippen molar-refractivity contribution in [3.63, 3.8) is 0 Å². The number of rotatable bonds is 5. The molecule has 0 spiro atoms. The van der Waals surface area contributed by atoms with Gasteiger partial charge < -0.3 is 20.4 Å². The molecule has 1 fully saturated rings. The molecular formula is C12H18N2O6. The Morgan fingerprint density at radius 3 is 2.45 bits per heavy atom. The van der Waals surface area contributed by atoms with Crippen LogP contribution in [0.1, 0.15) is 26.2 Å². The number of carboxylic acid groups (broad SMARTS) is 2. The Bertz CT molecular complexity index is 422. The summed E-state index contributed by atoms with van der Waals surface area (Å²) in [5.74, 6) is -3.84. The maximum absolute atomic E-state index is 12.0. The van der Waals surface area contributed by atoms with Crippen LogP contribution in [0.15, 0.2) is 0 Å². The molecule has 0 aliphatic carbocycles. The van der Waals surface area contributed by atoms with Crippen molar-refractivity contribution in [2.45, 2.75) is 32.2 Å². The summed E-state index contributed by atoms with van der Waals surface area (Å²) in [6.07, 6.45) is 0.535. The van der Waals surface area contributed by atoms with Crippen LogP contribution < -0.4 is 5.32 Å². The molecular weight excluding hydrogens is 268 g/mol. The highest BCUT2D eigenvalue weighted by atomic mass is 16.4. The van der Waals surface area contributed by atoms with Crippen LogP contribution in [0.5, 0.6) is 0 Å². The van der Waals surface area contributed by atoms with E-state index >= 15 is 0 Å². The monoisotopic (exact) mass is 286 g/mol. The minimum Gasteiger partial charge on any atom is -0.481 e. The molecule has 0 saturated carbocycles. The fraction of sp³-hybridized carbons (Fsp3) is 0.667. The molecule has 0 radical (unpaired) electrons. The van der Waals surface area contributed by atoms with E-state index in [1.54, 1.807) is 0 Å². The van der Waals surface area contributed by atoms with Crippen LogP contribution in [0.25, 0.3) is 0 Å². The maximum atomic E-state index is 12.0. The Labute approximate surface area is 115 Å². The highest BCUT2D eigenvalue weighted by Gasteiger charge is 2.30. The normalized spacial score (nSPS) is 20.1. The van der Waals surface area contributed by atoms with Crippen LogP contribution in [0.2, 0.25) is 0 Å². The van der Waals surface area contributed by atoms with Gasteiger partial charge in [-0.1, -0.05) is 0 Å². The molecule has 8 heteroatoms. The summed E-state index contributed by atoms with van der Waals surface area (Å²) >= 11 is 0. The van der Waals surface area contributed by atoms with Gasteiger partial charge in [-0.3, -0.25) is 14.4 Å². The molecule has 0 aromatic heterocycles. The predicted molar refractivity (Wildman–Crippen MR) is 66.8 cm³/mol. The average molecular weight is 286 g/mol. The average Bonchev–Trinajstić information content (AvgIpc) is 2.37. The summed E-state index contributed by atoms with van der Waals surface area (Å²) < 4.78 is 0. The first-order valence-corrected chi connectivity index (χ1v) is 6.31. The minimum atomic E-state index is -1.45. The Morgan fingerprint density at radius 2 is 1.95 bits per heavy atom. The van der Waals surface area contributed by atoms with Crippen molar-refractivity contribution in [3.8, 4) is 0 Å². The van der Waals surface area contributed by atoms with Crippen molar-refractivity contribution in [3.05, 3.63) is 0 Å². The number of aliphatic carboxylic acids is 2. The summed E-state index contributed by atoms with van der Waals surface area (Å²) in [6.45, 7) is 2.22. The number of carbonyl (C=O) groups excluding carboxylic acids is 2. The van der Waals surface area contributed by atoms with Crippen molar-refractivity contribution in [1.29, 1.82) is 0 Å². The van der Waals surface area contributed by atoms with E-state index in [0.29, 0.717) is 19.4 Å². The number of nitrogens with one attached hydrogen (secondary N) is 1. The molecule has 1 heterocycles. The van der Waals surface area contributed by atoms with E-state index < -0.39 is 36.2 Å². The molecule has 0 aromatic carbocycles. The number of likely N-dealkylation sites (tertiary alicyclic amines) is 1. The van der Waals surface area contributed by atoms with Gasteiger partial charge in [0.1, 0.15) is 6.04 Å². The Kier molecular flexibility index (Phi) is 5.48. The van der Waals surface area contributed by atoms with Crippen LogP contribution in [0, 0.1) is 5.92 Å². The van der Waals surface area contributed by atoms with Crippen LogP contribution in [-0.4, -0.2) is 58.0 Å². The lowest BCUT2D eigenvalue weighted by atomic mass is 9.96. The van der Waals surface area contributed by atoms with Crippen molar-refractivity contribution < 1.29 is 29.4 Å². The van der Waals surface area contributed by atoms with Crippen molar-refractivity contribution in [2.24, 2.45) is 5.92 Å². The lowest BCUT2D eigenvalue weighted by Gasteiger charge is -2.31. The smallest absolute Gasteiger partial charge is 0.326 e. The highest BCUT2D eigenvalue weighted by molar-refractivity contribution is 5.88. The molecule has 1 saturated heterocycles. The molecule has 2 atom stereocenters. The summed E-state index contributed by atoms with van der Waals surface area (Å²) in [5.41, 5.74) is 0. The van der Waals surface area contributed by atoms with Crippen LogP contribution in [0.4, 0.5) is 0 Å². The number of hydrogen-bond acceptors (Lipinski definition) is 4. The summed E-state index contributed by atoms with van der Waals surface area (Å²) in [5, 5.41) is 19.7. The SMILES string of the molecule is CC(=O)N1CCCC(C(=O)N[C@H](CC(=O)O)C(=O)O)C1. The van der Waals surface area contributed by atoms with Crippen molar-refractivity contribution in [2.75, 3.05) is 13.1 Å². The third-order valence-corrected chi connectivity index (χ3v) is 3.23. The largest absolute Gasteiger partial charge is 0.481 e. The zero-order valence-corrected chi connectivity index (χ0v) is 11.2. The molecule has 1 unspecified atom stereocenters. The second kappa shape index (κ2) is 6.88. The summed E-state index contributed by atoms with van der Waals surface area (Å²) in [6, 6.07) is -1.45. The van der Waals surface area contributed by atoms with E-state index in [2.05, 4.69) is 5.32 Å². The molecule has 2 amide bonds. The molecule has 112 valence electrons. The van der Waals surface area contributed by atoms with Crippen LogP contribution in [-0.2, 0) is 19.2 Å². The second-order valence-electron chi connectivity index (χ2n) is 4.80. The standard InChI is InChI=1S/C12H18N2O6/c1-7(15)14-4-2-3-8(6-14)11(18)13-9(12(19)20)5-10(16)17/h8-9H,2-6H2,1H3,(H,13,18)(H,16,17)(H,19,20)/t8?,9-/m1/s1. The molecule has 0 aromatic rings. The highest BCUT2D eigenvalue weighted by Crippen LogP contribution is 2.17. The summed E-state index contributed by atoms with van der Waals surface area (Å²) in [4.78, 5) is 46.2. The van der Waals surface area contributed by atoms with E-state index in [9.17, 15) is 19.2 Å². The maximum Gasteiger partial charge on any atom is 0.326 e. The van der Waals surface area contributed by atoms with Gasteiger partial charge in [-0.15, -0.1) is 0 Å². The van der Waals surface area contributed by atoms with Crippen LogP contribution >= 0.6 is 0 Å². The number of carboxylic acids is 2. The van der Waals surface area contributed by atoms with E-state index in [-0.39, 0.29) is 12.5 Å². The molecule has 20 heavy (non-hydrogen) atoms. The Morgan fingerprint density at radius 1 is 1.30 bits per heavy atom. The van der Waals surface area contributed by atoms with E-state index in [1.807, 2.05) is 0 Å². The van der Waals surface area contributed by atoms with E-state index in [0.717, 1.165) is 0 Å². The number of amides is 2. The lowest BCUT2D eigenvalue weighted by Crippen LogP contribution is -2.49. The Balaban J connectivity index is 2.61. The van der Waals surface area contributed by atoms with Crippen molar-refractivity contribution in [1.82, 2.24) is 10.2 Å². The zero-order valence-electron chi connectivity index (χ0n) is 11.2. The summed E-state index contributed by atoms with van der Waals surface area (Å²) in [7, 11) is 0. The predicted octanol–water partition coefficient (Wildman–Crippen LogP) is -0.711. The van der Waals surface area contributed by atoms with Gasteiger partial charge in [0.15, 0.2) is 0 Å². The van der Waals surface area contributed by atoms with E-state index in [1.165, 1.54) is 11.8 Å². The fourth-order valence-electron chi connectivity index (χ4n) is 2.14. The lowest BCUT2D eigenvalue weighted by molar-refractivity contribution is -0.148. The van der Waals surface area contributed by atoms with Gasteiger partial charge in [0.25, 0.3) is 0 Å². The van der Waals surface area contributed by atoms with Gasteiger partial charge >= 0.3 is 11.9 Å². The zero-order chi connectivity index (χ0) is 15.3. The van der Waals surface area contributed by atoms with Gasteiger partial charge in [0.05, 0.1) is 12.3 Å². The van der Waals surface area contributed by atoms with Crippen molar-refractivity contribution >= 4 is 23.8 Å². The molecule has 8 nitrogen and oxygen atoms in total. The topological polar surface area (TPSA) is 124 Å². The first-order chi connectivity index (χ1) is 9.31. The first kappa shape index (κ1) is 15.9. The van der Waals surface area contributed by atoms with Crippen LogP contribution in [0.3, 0.4) is 0 Å². The number of piperidine rings is 1. The van der Waals surface area contributed by atoms with Gasteiger partial charge in [0.2, 0.25) is 11.8 Å². The van der Waals surface area contributed by atoms with Gasteiger partial charge in [-0.05, 0) is 12.8 Å². The number of carbonyl (C=O) groups is 4. The quantitative estimate of drug-likeness (QED) is 0.613. The molecule has 1 aliphatic heterocycles. The second-order valence-corrected chi connectivity index (χ2v) is 4.80. The number of hydrogen-bond donors (Lipinski definition) is 3.